The number of halogens is 1. The van der Waals surface area contributed by atoms with E-state index in [0.29, 0.717) is 18.0 Å². The van der Waals surface area contributed by atoms with E-state index in [9.17, 15) is 9.50 Å². The van der Waals surface area contributed by atoms with Crippen LogP contribution in [-0.2, 0) is 0 Å². The molecule has 0 amide bonds. The summed E-state index contributed by atoms with van der Waals surface area (Å²) >= 11 is 0. The van der Waals surface area contributed by atoms with E-state index in [0.717, 1.165) is 18.4 Å². The molecule has 3 rings (SSSR count). The van der Waals surface area contributed by atoms with Gasteiger partial charge in [-0.1, -0.05) is 12.1 Å². The number of aliphatic hydroxyl groups is 1. The Bertz CT molecular complexity index is 380. The molecule has 1 aromatic carbocycles. The highest BCUT2D eigenvalue weighted by Crippen LogP contribution is 2.37. The van der Waals surface area contributed by atoms with Gasteiger partial charge in [0, 0.05) is 12.1 Å². The zero-order valence-electron chi connectivity index (χ0n) is 9.77. The van der Waals surface area contributed by atoms with Gasteiger partial charge in [0.25, 0.3) is 0 Å². The summed E-state index contributed by atoms with van der Waals surface area (Å²) in [5.74, 6) is 0.0746. The second kappa shape index (κ2) is 4.39. The number of rotatable bonds is 2. The topological polar surface area (TPSA) is 32.3 Å². The first kappa shape index (κ1) is 11.2. The van der Waals surface area contributed by atoms with Crippen molar-refractivity contribution in [1.29, 1.82) is 0 Å². The maximum absolute atomic E-state index is 12.8. The molecule has 2 saturated heterocycles. The van der Waals surface area contributed by atoms with E-state index in [1.165, 1.54) is 25.0 Å². The number of hydrogen-bond acceptors (Lipinski definition) is 2. The Morgan fingerprint density at radius 3 is 2.29 bits per heavy atom. The molecule has 3 unspecified atom stereocenters. The van der Waals surface area contributed by atoms with Crippen molar-refractivity contribution in [3.63, 3.8) is 0 Å². The van der Waals surface area contributed by atoms with Crippen molar-refractivity contribution < 1.29 is 9.50 Å². The molecule has 0 saturated carbocycles. The second-order valence-corrected chi connectivity index (χ2v) is 5.37. The maximum atomic E-state index is 12.8. The summed E-state index contributed by atoms with van der Waals surface area (Å²) in [4.78, 5) is 0. The fourth-order valence-electron chi connectivity index (χ4n) is 3.29. The van der Waals surface area contributed by atoms with E-state index < -0.39 is 6.10 Å². The summed E-state index contributed by atoms with van der Waals surface area (Å²) < 4.78 is 12.8. The third kappa shape index (κ3) is 2.22. The van der Waals surface area contributed by atoms with Crippen LogP contribution in [0.15, 0.2) is 24.3 Å². The van der Waals surface area contributed by atoms with Gasteiger partial charge in [-0.3, -0.25) is 0 Å². The molecule has 17 heavy (non-hydrogen) atoms. The minimum Gasteiger partial charge on any atom is -0.388 e. The fourth-order valence-corrected chi connectivity index (χ4v) is 3.29. The van der Waals surface area contributed by atoms with Crippen molar-refractivity contribution >= 4 is 0 Å². The molecule has 0 aliphatic carbocycles. The molecule has 2 aliphatic heterocycles. The average molecular weight is 235 g/mol. The van der Waals surface area contributed by atoms with Crippen molar-refractivity contribution in [2.45, 2.75) is 43.9 Å². The van der Waals surface area contributed by atoms with Crippen molar-refractivity contribution in [2.24, 2.45) is 5.92 Å². The molecular weight excluding hydrogens is 217 g/mol. The average Bonchev–Trinajstić information content (AvgIpc) is 2.68. The van der Waals surface area contributed by atoms with Gasteiger partial charge in [0.15, 0.2) is 0 Å². The third-order valence-electron chi connectivity index (χ3n) is 4.17. The predicted molar refractivity (Wildman–Crippen MR) is 64.0 cm³/mol. The molecule has 3 heteroatoms. The van der Waals surface area contributed by atoms with Crippen LogP contribution in [0.25, 0.3) is 0 Å². The summed E-state index contributed by atoms with van der Waals surface area (Å²) in [6, 6.07) is 7.40. The lowest BCUT2D eigenvalue weighted by molar-refractivity contribution is 0.0760. The van der Waals surface area contributed by atoms with Crippen LogP contribution in [0.4, 0.5) is 4.39 Å². The monoisotopic (exact) mass is 235 g/mol. The van der Waals surface area contributed by atoms with Crippen molar-refractivity contribution in [3.8, 4) is 0 Å². The standard InChI is InChI=1S/C14H18FNO/c15-11-3-1-9(2-4-11)14(17)10-7-12-5-6-13(8-10)16-12/h1-4,10,12-14,16-17H,5-8H2. The Morgan fingerprint density at radius 2 is 1.71 bits per heavy atom. The molecule has 2 bridgehead atoms. The summed E-state index contributed by atoms with van der Waals surface area (Å²) in [5.41, 5.74) is 0.845. The quantitative estimate of drug-likeness (QED) is 0.825. The van der Waals surface area contributed by atoms with Crippen LogP contribution >= 0.6 is 0 Å². The molecule has 2 nitrogen and oxygen atoms in total. The van der Waals surface area contributed by atoms with E-state index in [-0.39, 0.29) is 5.82 Å². The van der Waals surface area contributed by atoms with E-state index in [2.05, 4.69) is 5.32 Å². The van der Waals surface area contributed by atoms with E-state index in [4.69, 9.17) is 0 Å². The Hall–Kier alpha value is -0.930. The summed E-state index contributed by atoms with van der Waals surface area (Å²) in [6.45, 7) is 0. The summed E-state index contributed by atoms with van der Waals surface area (Å²) in [5, 5.41) is 13.9. The van der Waals surface area contributed by atoms with Gasteiger partial charge in [-0.2, -0.15) is 0 Å². The largest absolute Gasteiger partial charge is 0.388 e. The Morgan fingerprint density at radius 1 is 1.12 bits per heavy atom. The minimum atomic E-state index is -0.444. The molecule has 2 N–H and O–H groups in total. The van der Waals surface area contributed by atoms with Crippen molar-refractivity contribution in [1.82, 2.24) is 5.32 Å². The second-order valence-electron chi connectivity index (χ2n) is 5.37. The lowest BCUT2D eigenvalue weighted by Crippen LogP contribution is -2.39. The molecular formula is C14H18FNO. The third-order valence-corrected chi connectivity index (χ3v) is 4.17. The molecule has 0 spiro atoms. The number of hydrogen-bond donors (Lipinski definition) is 2. The molecule has 0 aromatic heterocycles. The van der Waals surface area contributed by atoms with Crippen LogP contribution in [0.2, 0.25) is 0 Å². The predicted octanol–water partition coefficient (Wildman–Crippen LogP) is 2.39. The first-order valence-corrected chi connectivity index (χ1v) is 6.42. The van der Waals surface area contributed by atoms with Gasteiger partial charge in [-0.15, -0.1) is 0 Å². The molecule has 0 radical (unpaired) electrons. The van der Waals surface area contributed by atoms with Gasteiger partial charge >= 0.3 is 0 Å². The highest BCUT2D eigenvalue weighted by Gasteiger charge is 2.36. The zero-order valence-corrected chi connectivity index (χ0v) is 9.77. The SMILES string of the molecule is OC(c1ccc(F)cc1)C1CC2CCC(C1)N2. The van der Waals surface area contributed by atoms with Crippen LogP contribution in [0, 0.1) is 11.7 Å². The Labute approximate surface area is 101 Å². The lowest BCUT2D eigenvalue weighted by atomic mass is 9.85. The van der Waals surface area contributed by atoms with E-state index >= 15 is 0 Å². The maximum Gasteiger partial charge on any atom is 0.123 e. The Balaban J connectivity index is 1.73. The van der Waals surface area contributed by atoms with Gasteiger partial charge in [-0.25, -0.2) is 4.39 Å². The van der Waals surface area contributed by atoms with Gasteiger partial charge in [0.2, 0.25) is 0 Å². The molecule has 1 aromatic rings. The normalized spacial score (nSPS) is 33.6. The molecule has 92 valence electrons. The van der Waals surface area contributed by atoms with E-state index in [1.807, 2.05) is 0 Å². The smallest absolute Gasteiger partial charge is 0.123 e. The first-order chi connectivity index (χ1) is 8.22. The van der Waals surface area contributed by atoms with Crippen LogP contribution in [-0.4, -0.2) is 17.2 Å². The highest BCUT2D eigenvalue weighted by molar-refractivity contribution is 5.19. The molecule has 3 atom stereocenters. The number of nitrogens with one attached hydrogen (secondary N) is 1. The zero-order chi connectivity index (χ0) is 11.8. The van der Waals surface area contributed by atoms with Crippen molar-refractivity contribution in [3.05, 3.63) is 35.6 Å². The molecule has 2 fully saturated rings. The Kier molecular flexibility index (Phi) is 2.89. The van der Waals surface area contributed by atoms with Crippen LogP contribution in [0.5, 0.6) is 0 Å². The van der Waals surface area contributed by atoms with Gasteiger partial charge in [-0.05, 0) is 49.3 Å². The number of fused-ring (bicyclic) bond motifs is 2. The summed E-state index contributed by atoms with van der Waals surface area (Å²) in [7, 11) is 0. The lowest BCUT2D eigenvalue weighted by Gasteiger charge is -2.32. The molecule has 2 heterocycles. The van der Waals surface area contributed by atoms with Crippen LogP contribution < -0.4 is 5.32 Å². The number of benzene rings is 1. The summed E-state index contributed by atoms with van der Waals surface area (Å²) in [6.07, 6.45) is 4.10. The minimum absolute atomic E-state index is 0.244. The fraction of sp³-hybridized carbons (Fsp3) is 0.571. The molecule has 2 aliphatic rings. The number of piperidine rings is 1. The van der Waals surface area contributed by atoms with Crippen molar-refractivity contribution in [2.75, 3.05) is 0 Å². The van der Waals surface area contributed by atoms with Gasteiger partial charge in [0.1, 0.15) is 5.82 Å². The van der Waals surface area contributed by atoms with Gasteiger partial charge < -0.3 is 10.4 Å². The highest BCUT2D eigenvalue weighted by atomic mass is 19.1. The van der Waals surface area contributed by atoms with Crippen LogP contribution in [0.3, 0.4) is 0 Å². The first-order valence-electron chi connectivity index (χ1n) is 6.42. The van der Waals surface area contributed by atoms with Gasteiger partial charge in [0.05, 0.1) is 6.10 Å². The van der Waals surface area contributed by atoms with E-state index in [1.54, 1.807) is 12.1 Å². The number of aliphatic hydroxyl groups excluding tert-OH is 1. The van der Waals surface area contributed by atoms with Crippen LogP contribution in [0.1, 0.15) is 37.4 Å².